The molecule has 6 heteroatoms. The van der Waals surface area contributed by atoms with Gasteiger partial charge in [0.1, 0.15) is 13.2 Å². The van der Waals surface area contributed by atoms with Crippen molar-refractivity contribution in [3.05, 3.63) is 0 Å². The van der Waals surface area contributed by atoms with Crippen LogP contribution in [0.25, 0.3) is 0 Å². The van der Waals surface area contributed by atoms with Crippen molar-refractivity contribution in [3.8, 4) is 0 Å². The summed E-state index contributed by atoms with van der Waals surface area (Å²) in [5.41, 5.74) is 0. The van der Waals surface area contributed by atoms with Gasteiger partial charge in [0.05, 0.1) is 0 Å². The SMILES string of the molecule is CCCCCCCCCCCCCCCCCCCCCCCCCCCCCCCCCCC(=O)OCC(COC(=O)CCCCCCC)OC(=O)CCCCCCCCC. The summed E-state index contributed by atoms with van der Waals surface area (Å²) < 4.78 is 16.6. The van der Waals surface area contributed by atoms with Gasteiger partial charge in [0.2, 0.25) is 0 Å². The quantitative estimate of drug-likeness (QED) is 0.0344. The molecule has 0 aliphatic heterocycles. The van der Waals surface area contributed by atoms with E-state index in [2.05, 4.69) is 20.8 Å². The number of hydrogen-bond acceptors (Lipinski definition) is 6. The zero-order valence-corrected chi connectivity index (χ0v) is 42.2. The highest BCUT2D eigenvalue weighted by atomic mass is 16.6. The van der Waals surface area contributed by atoms with Crippen molar-refractivity contribution in [2.45, 2.75) is 329 Å². The Hall–Kier alpha value is -1.59. The van der Waals surface area contributed by atoms with Crippen molar-refractivity contribution < 1.29 is 28.6 Å². The van der Waals surface area contributed by atoms with Gasteiger partial charge in [-0.05, 0) is 19.3 Å². The molecule has 0 radical (unpaired) electrons. The Labute approximate surface area is 387 Å². The summed E-state index contributed by atoms with van der Waals surface area (Å²) in [4.78, 5) is 37.4. The van der Waals surface area contributed by atoms with Crippen LogP contribution in [0.2, 0.25) is 0 Å². The zero-order valence-electron chi connectivity index (χ0n) is 42.2. The van der Waals surface area contributed by atoms with E-state index in [9.17, 15) is 14.4 Å². The molecule has 368 valence electrons. The lowest BCUT2D eigenvalue weighted by molar-refractivity contribution is -0.167. The third-order valence-electron chi connectivity index (χ3n) is 12.9. The second-order valence-corrected chi connectivity index (χ2v) is 19.2. The first kappa shape index (κ1) is 60.4. The molecule has 0 rings (SSSR count). The lowest BCUT2D eigenvalue weighted by atomic mass is 10.0. The maximum Gasteiger partial charge on any atom is 0.306 e. The van der Waals surface area contributed by atoms with Crippen molar-refractivity contribution in [1.29, 1.82) is 0 Å². The molecule has 0 saturated heterocycles. The van der Waals surface area contributed by atoms with E-state index in [0.29, 0.717) is 19.3 Å². The standard InChI is InChI=1S/C56H108O6/c1-4-7-10-13-15-16-17-18-19-20-21-22-23-24-25-26-27-28-29-30-31-32-33-34-35-36-37-38-39-41-43-46-49-55(58)61-52-53(51-60-54(57)48-45-42-12-9-6-3)62-56(59)50-47-44-40-14-11-8-5-2/h53H,4-52H2,1-3H3. The van der Waals surface area contributed by atoms with E-state index in [1.807, 2.05) is 0 Å². The van der Waals surface area contributed by atoms with Crippen molar-refractivity contribution >= 4 is 17.9 Å². The number of ether oxygens (including phenoxy) is 3. The first-order chi connectivity index (χ1) is 30.5. The Balaban J connectivity index is 3.71. The lowest BCUT2D eigenvalue weighted by Crippen LogP contribution is -2.30. The molecule has 0 amide bonds. The molecule has 0 heterocycles. The van der Waals surface area contributed by atoms with Gasteiger partial charge in [-0.1, -0.05) is 284 Å². The summed E-state index contributed by atoms with van der Waals surface area (Å²) in [7, 11) is 0. The van der Waals surface area contributed by atoms with E-state index in [4.69, 9.17) is 14.2 Å². The van der Waals surface area contributed by atoms with Crippen molar-refractivity contribution in [3.63, 3.8) is 0 Å². The highest BCUT2D eigenvalue weighted by Crippen LogP contribution is 2.18. The van der Waals surface area contributed by atoms with Crippen molar-refractivity contribution in [2.24, 2.45) is 0 Å². The molecule has 0 aromatic rings. The summed E-state index contributed by atoms with van der Waals surface area (Å²) in [6.45, 7) is 6.55. The van der Waals surface area contributed by atoms with Gasteiger partial charge in [0.25, 0.3) is 0 Å². The zero-order chi connectivity index (χ0) is 45.1. The van der Waals surface area contributed by atoms with Gasteiger partial charge < -0.3 is 14.2 Å². The molecule has 1 unspecified atom stereocenters. The van der Waals surface area contributed by atoms with Crippen LogP contribution in [0.5, 0.6) is 0 Å². The minimum Gasteiger partial charge on any atom is -0.462 e. The van der Waals surface area contributed by atoms with E-state index >= 15 is 0 Å². The van der Waals surface area contributed by atoms with E-state index in [1.165, 1.54) is 218 Å². The number of esters is 3. The van der Waals surface area contributed by atoms with E-state index in [0.717, 1.165) is 64.2 Å². The van der Waals surface area contributed by atoms with Gasteiger partial charge in [-0.2, -0.15) is 0 Å². The molecule has 0 fully saturated rings. The predicted molar refractivity (Wildman–Crippen MR) is 266 cm³/mol. The number of hydrogen-bond donors (Lipinski definition) is 0. The molecular formula is C56H108O6. The third-order valence-corrected chi connectivity index (χ3v) is 12.9. The minimum atomic E-state index is -0.756. The molecule has 0 aromatic heterocycles. The lowest BCUT2D eigenvalue weighted by Gasteiger charge is -2.18. The molecule has 0 spiro atoms. The number of rotatable bonds is 52. The van der Waals surface area contributed by atoms with Crippen LogP contribution >= 0.6 is 0 Å². The first-order valence-electron chi connectivity index (χ1n) is 28.0. The van der Waals surface area contributed by atoms with Gasteiger partial charge >= 0.3 is 17.9 Å². The predicted octanol–water partition coefficient (Wildman–Crippen LogP) is 18.4. The second-order valence-electron chi connectivity index (χ2n) is 19.2. The summed E-state index contributed by atoms with van der Waals surface area (Å²) in [6.07, 6.45) is 57.7. The number of unbranched alkanes of at least 4 members (excludes halogenated alkanes) is 41. The number of carbonyl (C=O) groups is 3. The maximum atomic E-state index is 12.6. The maximum absolute atomic E-state index is 12.6. The average Bonchev–Trinajstić information content (AvgIpc) is 3.27. The van der Waals surface area contributed by atoms with Gasteiger partial charge in [0.15, 0.2) is 6.10 Å². The van der Waals surface area contributed by atoms with Gasteiger partial charge in [-0.25, -0.2) is 0 Å². The van der Waals surface area contributed by atoms with Crippen LogP contribution in [0.3, 0.4) is 0 Å². The summed E-state index contributed by atoms with van der Waals surface area (Å²) >= 11 is 0. The Morgan fingerprint density at radius 3 is 0.645 bits per heavy atom. The monoisotopic (exact) mass is 877 g/mol. The number of carbonyl (C=O) groups excluding carboxylic acids is 3. The van der Waals surface area contributed by atoms with E-state index in [-0.39, 0.29) is 31.1 Å². The molecule has 0 aliphatic carbocycles. The summed E-state index contributed by atoms with van der Waals surface area (Å²) in [6, 6.07) is 0. The molecule has 0 aliphatic rings. The highest BCUT2D eigenvalue weighted by molar-refractivity contribution is 5.71. The Morgan fingerprint density at radius 2 is 0.435 bits per heavy atom. The van der Waals surface area contributed by atoms with Crippen LogP contribution in [0, 0.1) is 0 Å². The van der Waals surface area contributed by atoms with Crippen molar-refractivity contribution in [2.75, 3.05) is 13.2 Å². The largest absolute Gasteiger partial charge is 0.462 e. The molecule has 1 atom stereocenters. The Kier molecular flexibility index (Phi) is 50.7. The van der Waals surface area contributed by atoms with Gasteiger partial charge in [-0.3, -0.25) is 14.4 Å². The first-order valence-corrected chi connectivity index (χ1v) is 28.0. The van der Waals surface area contributed by atoms with Crippen molar-refractivity contribution in [1.82, 2.24) is 0 Å². The van der Waals surface area contributed by atoms with Gasteiger partial charge in [0, 0.05) is 19.3 Å². The second kappa shape index (κ2) is 52.0. The fraction of sp³-hybridized carbons (Fsp3) is 0.946. The van der Waals surface area contributed by atoms with Crippen LogP contribution in [0.15, 0.2) is 0 Å². The van der Waals surface area contributed by atoms with Crippen LogP contribution in [0.4, 0.5) is 0 Å². The highest BCUT2D eigenvalue weighted by Gasteiger charge is 2.19. The van der Waals surface area contributed by atoms with E-state index < -0.39 is 6.10 Å². The molecule has 0 N–H and O–H groups in total. The third kappa shape index (κ3) is 49.4. The molecule has 0 saturated carbocycles. The average molecular weight is 877 g/mol. The molecular weight excluding hydrogens is 769 g/mol. The molecule has 6 nitrogen and oxygen atoms in total. The van der Waals surface area contributed by atoms with Crippen LogP contribution in [0.1, 0.15) is 323 Å². The van der Waals surface area contributed by atoms with Crippen LogP contribution in [-0.4, -0.2) is 37.2 Å². The summed E-state index contributed by atoms with van der Waals surface area (Å²) in [5, 5.41) is 0. The van der Waals surface area contributed by atoms with Gasteiger partial charge in [-0.15, -0.1) is 0 Å². The smallest absolute Gasteiger partial charge is 0.306 e. The fourth-order valence-electron chi connectivity index (χ4n) is 8.62. The summed E-state index contributed by atoms with van der Waals surface area (Å²) in [5.74, 6) is -0.870. The van der Waals surface area contributed by atoms with Crippen LogP contribution < -0.4 is 0 Å². The minimum absolute atomic E-state index is 0.0645. The normalized spacial score (nSPS) is 11.9. The Morgan fingerprint density at radius 1 is 0.258 bits per heavy atom. The topological polar surface area (TPSA) is 78.9 Å². The Bertz CT molecular complexity index is 920. The van der Waals surface area contributed by atoms with E-state index in [1.54, 1.807) is 0 Å². The molecule has 0 bridgehead atoms. The molecule has 62 heavy (non-hydrogen) atoms. The van der Waals surface area contributed by atoms with Crippen LogP contribution in [-0.2, 0) is 28.6 Å². The molecule has 0 aromatic carbocycles. The fourth-order valence-corrected chi connectivity index (χ4v) is 8.62.